The third kappa shape index (κ3) is 2.22. The number of carboxylic acid groups (broad SMARTS) is 1. The summed E-state index contributed by atoms with van der Waals surface area (Å²) in [5.41, 5.74) is 5.55. The number of hydrogen-bond donors (Lipinski definition) is 3. The molecule has 0 fully saturated rings. The highest BCUT2D eigenvalue weighted by atomic mass is 19.1. The van der Waals surface area contributed by atoms with E-state index in [4.69, 9.17) is 10.8 Å². The molecule has 6 heteroatoms. The Morgan fingerprint density at radius 2 is 2.17 bits per heavy atom. The maximum absolute atomic E-state index is 13.2. The minimum absolute atomic E-state index is 0.217. The summed E-state index contributed by atoms with van der Waals surface area (Å²) in [6.45, 7) is 0. The molecule has 5 nitrogen and oxygen atoms in total. The number of nitrogen functional groups attached to an aromatic ring is 1. The molecule has 0 radical (unpaired) electrons. The Morgan fingerprint density at radius 1 is 1.39 bits per heavy atom. The first kappa shape index (κ1) is 11.8. The van der Waals surface area contributed by atoms with Crippen molar-refractivity contribution in [3.8, 4) is 0 Å². The van der Waals surface area contributed by atoms with E-state index < -0.39 is 17.5 Å². The summed E-state index contributed by atoms with van der Waals surface area (Å²) < 4.78 is 13.2. The number of aromatic carboxylic acids is 1. The average molecular weight is 247 g/mol. The Balaban J connectivity index is 2.45. The molecule has 0 amide bonds. The van der Waals surface area contributed by atoms with Gasteiger partial charge in [0.2, 0.25) is 0 Å². The first-order valence-electron chi connectivity index (χ1n) is 5.08. The van der Waals surface area contributed by atoms with Crippen LogP contribution in [0.3, 0.4) is 0 Å². The van der Waals surface area contributed by atoms with Crippen molar-refractivity contribution in [1.82, 2.24) is 4.98 Å². The zero-order chi connectivity index (χ0) is 13.1. The number of pyridine rings is 1. The number of nitrogens with one attached hydrogen (secondary N) is 1. The predicted molar refractivity (Wildman–Crippen MR) is 65.3 cm³/mol. The molecule has 1 aromatic carbocycles. The van der Waals surface area contributed by atoms with E-state index in [1.807, 2.05) is 0 Å². The Hall–Kier alpha value is -2.63. The zero-order valence-electron chi connectivity index (χ0n) is 9.22. The van der Waals surface area contributed by atoms with E-state index in [0.29, 0.717) is 5.69 Å². The van der Waals surface area contributed by atoms with Crippen molar-refractivity contribution < 1.29 is 14.3 Å². The molecule has 0 aliphatic rings. The van der Waals surface area contributed by atoms with Crippen LogP contribution < -0.4 is 11.1 Å². The number of halogens is 1. The Kier molecular flexibility index (Phi) is 3.09. The largest absolute Gasteiger partial charge is 0.478 e. The lowest BCUT2D eigenvalue weighted by Crippen LogP contribution is -2.08. The van der Waals surface area contributed by atoms with Gasteiger partial charge >= 0.3 is 5.97 Å². The number of nitrogens with zero attached hydrogens (tertiary/aromatic N) is 1. The van der Waals surface area contributed by atoms with Crippen molar-refractivity contribution in [2.24, 2.45) is 0 Å². The van der Waals surface area contributed by atoms with Gasteiger partial charge in [-0.05, 0) is 24.3 Å². The van der Waals surface area contributed by atoms with Crippen LogP contribution >= 0.6 is 0 Å². The van der Waals surface area contributed by atoms with E-state index in [-0.39, 0.29) is 11.3 Å². The summed E-state index contributed by atoms with van der Waals surface area (Å²) in [6, 6.07) is 5.83. The lowest BCUT2D eigenvalue weighted by Gasteiger charge is -2.11. The summed E-state index contributed by atoms with van der Waals surface area (Å²) in [5, 5.41) is 11.9. The number of carboxylic acids is 1. The van der Waals surface area contributed by atoms with Gasteiger partial charge in [-0.3, -0.25) is 4.98 Å². The molecule has 18 heavy (non-hydrogen) atoms. The fourth-order valence-corrected chi connectivity index (χ4v) is 1.52. The summed E-state index contributed by atoms with van der Waals surface area (Å²) in [4.78, 5) is 15.0. The van der Waals surface area contributed by atoms with E-state index in [9.17, 15) is 9.18 Å². The quantitative estimate of drug-likeness (QED) is 0.724. The van der Waals surface area contributed by atoms with Crippen LogP contribution in [0.25, 0.3) is 0 Å². The standard InChI is InChI=1S/C12H10FN3O2/c13-8-3-4-9(10(11(8)14)12(17)18)16-7-2-1-5-15-6-7/h1-6,16H,14H2,(H,17,18). The molecule has 92 valence electrons. The third-order valence-corrected chi connectivity index (χ3v) is 2.35. The Morgan fingerprint density at radius 3 is 2.78 bits per heavy atom. The van der Waals surface area contributed by atoms with Gasteiger partial charge in [0.1, 0.15) is 11.4 Å². The Bertz CT molecular complexity index is 587. The molecule has 1 aromatic heterocycles. The van der Waals surface area contributed by atoms with E-state index in [2.05, 4.69) is 10.3 Å². The second kappa shape index (κ2) is 4.70. The molecule has 0 unspecified atom stereocenters. The van der Waals surface area contributed by atoms with E-state index >= 15 is 0 Å². The van der Waals surface area contributed by atoms with Gasteiger partial charge in [0, 0.05) is 6.20 Å². The molecule has 0 spiro atoms. The van der Waals surface area contributed by atoms with Crippen LogP contribution in [0.4, 0.5) is 21.5 Å². The number of nitrogens with two attached hydrogens (primary N) is 1. The molecule has 2 aromatic rings. The van der Waals surface area contributed by atoms with Crippen molar-refractivity contribution in [2.75, 3.05) is 11.1 Å². The van der Waals surface area contributed by atoms with E-state index in [1.54, 1.807) is 18.3 Å². The predicted octanol–water partition coefficient (Wildman–Crippen LogP) is 2.24. The zero-order valence-corrected chi connectivity index (χ0v) is 9.22. The van der Waals surface area contributed by atoms with Crippen LogP contribution in [-0.2, 0) is 0 Å². The van der Waals surface area contributed by atoms with Crippen molar-refractivity contribution in [2.45, 2.75) is 0 Å². The van der Waals surface area contributed by atoms with Gasteiger partial charge in [0.15, 0.2) is 0 Å². The number of anilines is 3. The van der Waals surface area contributed by atoms with Crippen LogP contribution in [0.5, 0.6) is 0 Å². The third-order valence-electron chi connectivity index (χ3n) is 2.35. The first-order chi connectivity index (χ1) is 8.59. The van der Waals surface area contributed by atoms with Crippen LogP contribution in [0.2, 0.25) is 0 Å². The summed E-state index contributed by atoms with van der Waals surface area (Å²) in [5.74, 6) is -2.05. The van der Waals surface area contributed by atoms with Gasteiger partial charge in [-0.1, -0.05) is 0 Å². The van der Waals surface area contributed by atoms with Crippen molar-refractivity contribution in [1.29, 1.82) is 0 Å². The van der Waals surface area contributed by atoms with Crippen molar-refractivity contribution >= 4 is 23.0 Å². The molecule has 0 saturated heterocycles. The fourth-order valence-electron chi connectivity index (χ4n) is 1.52. The van der Waals surface area contributed by atoms with Gasteiger partial charge in [-0.2, -0.15) is 0 Å². The second-order valence-corrected chi connectivity index (χ2v) is 3.56. The smallest absolute Gasteiger partial charge is 0.340 e. The summed E-state index contributed by atoms with van der Waals surface area (Å²) >= 11 is 0. The molecule has 1 heterocycles. The number of carbonyl (C=O) groups is 1. The monoisotopic (exact) mass is 247 g/mol. The molecule has 0 aliphatic carbocycles. The topological polar surface area (TPSA) is 88.2 Å². The first-order valence-corrected chi connectivity index (χ1v) is 5.08. The second-order valence-electron chi connectivity index (χ2n) is 3.56. The number of benzene rings is 1. The highest BCUT2D eigenvalue weighted by Gasteiger charge is 2.17. The maximum Gasteiger partial charge on any atom is 0.340 e. The minimum atomic E-state index is -1.29. The van der Waals surface area contributed by atoms with Crippen LogP contribution in [0.15, 0.2) is 36.7 Å². The number of rotatable bonds is 3. The molecule has 0 saturated carbocycles. The van der Waals surface area contributed by atoms with E-state index in [0.717, 1.165) is 6.07 Å². The molecule has 0 atom stereocenters. The molecule has 4 N–H and O–H groups in total. The molecule has 0 bridgehead atoms. The molecule has 0 aliphatic heterocycles. The van der Waals surface area contributed by atoms with E-state index in [1.165, 1.54) is 12.3 Å². The summed E-state index contributed by atoms with van der Waals surface area (Å²) in [7, 11) is 0. The fraction of sp³-hybridized carbons (Fsp3) is 0. The van der Waals surface area contributed by atoms with Crippen LogP contribution in [-0.4, -0.2) is 16.1 Å². The van der Waals surface area contributed by atoms with Gasteiger partial charge in [-0.15, -0.1) is 0 Å². The van der Waals surface area contributed by atoms with Gasteiger partial charge < -0.3 is 16.2 Å². The molecular formula is C12H10FN3O2. The lowest BCUT2D eigenvalue weighted by atomic mass is 10.1. The lowest BCUT2D eigenvalue weighted by molar-refractivity contribution is 0.0698. The SMILES string of the molecule is Nc1c(F)ccc(Nc2cccnc2)c1C(=O)O. The normalized spacial score (nSPS) is 10.1. The van der Waals surface area contributed by atoms with Gasteiger partial charge in [-0.25, -0.2) is 9.18 Å². The highest BCUT2D eigenvalue weighted by Crippen LogP contribution is 2.27. The number of hydrogen-bond acceptors (Lipinski definition) is 4. The highest BCUT2D eigenvalue weighted by molar-refractivity contribution is 6.00. The molecule has 2 rings (SSSR count). The molecular weight excluding hydrogens is 237 g/mol. The van der Waals surface area contributed by atoms with Gasteiger partial charge in [0.25, 0.3) is 0 Å². The average Bonchev–Trinajstić information content (AvgIpc) is 2.35. The van der Waals surface area contributed by atoms with Gasteiger partial charge in [0.05, 0.1) is 23.3 Å². The minimum Gasteiger partial charge on any atom is -0.478 e. The number of aromatic nitrogens is 1. The maximum atomic E-state index is 13.2. The Labute approximate surface area is 102 Å². The van der Waals surface area contributed by atoms with Crippen LogP contribution in [0, 0.1) is 5.82 Å². The van der Waals surface area contributed by atoms with Crippen LogP contribution in [0.1, 0.15) is 10.4 Å². The van der Waals surface area contributed by atoms with Crippen molar-refractivity contribution in [3.63, 3.8) is 0 Å². The van der Waals surface area contributed by atoms with Crippen molar-refractivity contribution in [3.05, 3.63) is 48.0 Å². The summed E-state index contributed by atoms with van der Waals surface area (Å²) in [6.07, 6.45) is 3.10.